The van der Waals surface area contributed by atoms with E-state index in [0.29, 0.717) is 17.8 Å². The molecule has 2 heterocycles. The Kier molecular flexibility index (Phi) is 4.66. The van der Waals surface area contributed by atoms with Gasteiger partial charge in [-0.1, -0.05) is 0 Å². The average Bonchev–Trinajstić information content (AvgIpc) is 2.96. The second-order valence-electron chi connectivity index (χ2n) is 4.37. The predicted molar refractivity (Wildman–Crippen MR) is 77.3 cm³/mol. The third-order valence-corrected chi connectivity index (χ3v) is 2.56. The molecule has 0 fully saturated rings. The molecule has 0 aliphatic carbocycles. The van der Waals surface area contributed by atoms with Gasteiger partial charge in [-0.25, -0.2) is 5.84 Å². The van der Waals surface area contributed by atoms with E-state index in [1.165, 1.54) is 0 Å². The number of rotatable bonds is 7. The molecular weight excluding hydrogens is 258 g/mol. The van der Waals surface area contributed by atoms with Crippen molar-refractivity contribution in [2.45, 2.75) is 13.0 Å². The van der Waals surface area contributed by atoms with Crippen molar-refractivity contribution >= 4 is 17.8 Å². The quantitative estimate of drug-likeness (QED) is 0.366. The van der Waals surface area contributed by atoms with Gasteiger partial charge in [-0.3, -0.25) is 10.1 Å². The summed E-state index contributed by atoms with van der Waals surface area (Å²) in [5.41, 5.74) is 2.43. The van der Waals surface area contributed by atoms with Gasteiger partial charge in [-0.15, -0.1) is 0 Å². The van der Waals surface area contributed by atoms with E-state index in [1.54, 1.807) is 11.1 Å². The zero-order chi connectivity index (χ0) is 14.4. The van der Waals surface area contributed by atoms with Crippen LogP contribution in [0.1, 0.15) is 6.42 Å². The first-order valence-electron chi connectivity index (χ1n) is 6.30. The fraction of sp³-hybridized carbons (Fsp3) is 0.455. The highest BCUT2D eigenvalue weighted by molar-refractivity contribution is 5.42. The molecule has 0 radical (unpaired) electrons. The lowest BCUT2D eigenvalue weighted by molar-refractivity contribution is 0.591. The lowest BCUT2D eigenvalue weighted by Gasteiger charge is -2.13. The maximum Gasteiger partial charge on any atom is 0.243 e. The van der Waals surface area contributed by atoms with Gasteiger partial charge in [-0.2, -0.15) is 20.1 Å². The van der Waals surface area contributed by atoms with Crippen molar-refractivity contribution in [2.75, 3.05) is 36.3 Å². The Morgan fingerprint density at radius 2 is 2.05 bits per heavy atom. The molecule has 0 spiro atoms. The molecular formula is C11H19N9. The number of aryl methyl sites for hydroxylation is 1. The van der Waals surface area contributed by atoms with Crippen molar-refractivity contribution in [1.29, 1.82) is 0 Å². The minimum absolute atomic E-state index is 0.332. The van der Waals surface area contributed by atoms with Gasteiger partial charge in [0.2, 0.25) is 17.8 Å². The fourth-order valence-corrected chi connectivity index (χ4v) is 1.58. The third kappa shape index (κ3) is 3.79. The van der Waals surface area contributed by atoms with E-state index in [4.69, 9.17) is 5.84 Å². The summed E-state index contributed by atoms with van der Waals surface area (Å²) in [7, 11) is 3.72. The first-order valence-corrected chi connectivity index (χ1v) is 6.30. The van der Waals surface area contributed by atoms with E-state index < -0.39 is 0 Å². The Balaban J connectivity index is 1.89. The molecule has 0 atom stereocenters. The molecule has 0 saturated carbocycles. The largest absolute Gasteiger partial charge is 0.354 e. The Morgan fingerprint density at radius 3 is 2.70 bits per heavy atom. The summed E-state index contributed by atoms with van der Waals surface area (Å²) in [5, 5.41) is 7.29. The van der Waals surface area contributed by atoms with E-state index in [2.05, 4.69) is 30.8 Å². The van der Waals surface area contributed by atoms with Crippen LogP contribution in [0.15, 0.2) is 18.5 Å². The second-order valence-corrected chi connectivity index (χ2v) is 4.37. The van der Waals surface area contributed by atoms with Crippen LogP contribution in [0.3, 0.4) is 0 Å². The molecule has 2 aromatic heterocycles. The highest BCUT2D eigenvalue weighted by atomic mass is 15.4. The van der Waals surface area contributed by atoms with Gasteiger partial charge in [-0.05, 0) is 12.5 Å². The molecule has 0 aliphatic rings. The van der Waals surface area contributed by atoms with E-state index >= 15 is 0 Å². The molecule has 4 N–H and O–H groups in total. The van der Waals surface area contributed by atoms with Gasteiger partial charge < -0.3 is 10.2 Å². The summed E-state index contributed by atoms with van der Waals surface area (Å²) in [6, 6.07) is 1.90. The number of hydrazine groups is 1. The fourth-order valence-electron chi connectivity index (χ4n) is 1.58. The van der Waals surface area contributed by atoms with Gasteiger partial charge in [0, 0.05) is 39.6 Å². The van der Waals surface area contributed by atoms with Crippen molar-refractivity contribution in [3.63, 3.8) is 0 Å². The molecule has 9 heteroatoms. The highest BCUT2D eigenvalue weighted by Crippen LogP contribution is 2.10. The van der Waals surface area contributed by atoms with Gasteiger partial charge in [0.15, 0.2) is 0 Å². The topological polar surface area (TPSA) is 110 Å². The molecule has 0 amide bonds. The van der Waals surface area contributed by atoms with Crippen molar-refractivity contribution in [2.24, 2.45) is 5.84 Å². The van der Waals surface area contributed by atoms with Gasteiger partial charge >= 0.3 is 0 Å². The summed E-state index contributed by atoms with van der Waals surface area (Å²) in [6.07, 6.45) is 4.61. The van der Waals surface area contributed by atoms with Gasteiger partial charge in [0.25, 0.3) is 0 Å². The zero-order valence-corrected chi connectivity index (χ0v) is 11.6. The lowest BCUT2D eigenvalue weighted by atomic mass is 10.4. The summed E-state index contributed by atoms with van der Waals surface area (Å²) in [6.45, 7) is 1.58. The number of nitrogen functional groups attached to an aromatic ring is 1. The smallest absolute Gasteiger partial charge is 0.243 e. The normalized spacial score (nSPS) is 10.3. The molecule has 0 aromatic carbocycles. The Morgan fingerprint density at radius 1 is 1.25 bits per heavy atom. The number of hydrogen-bond acceptors (Lipinski definition) is 8. The van der Waals surface area contributed by atoms with E-state index in [1.807, 2.05) is 31.0 Å². The van der Waals surface area contributed by atoms with Crippen molar-refractivity contribution < 1.29 is 0 Å². The van der Waals surface area contributed by atoms with E-state index in [9.17, 15) is 0 Å². The van der Waals surface area contributed by atoms with Crippen LogP contribution < -0.4 is 21.5 Å². The summed E-state index contributed by atoms with van der Waals surface area (Å²) >= 11 is 0. The number of nitrogens with zero attached hydrogens (tertiary/aromatic N) is 6. The summed E-state index contributed by atoms with van der Waals surface area (Å²) < 4.78 is 1.88. The van der Waals surface area contributed by atoms with Crippen LogP contribution >= 0.6 is 0 Å². The summed E-state index contributed by atoms with van der Waals surface area (Å²) in [4.78, 5) is 14.4. The van der Waals surface area contributed by atoms with Crippen LogP contribution in [0.5, 0.6) is 0 Å². The van der Waals surface area contributed by atoms with Crippen LogP contribution in [0.25, 0.3) is 0 Å². The SMILES string of the molecule is CN(C)c1nc(NN)nc(NCCCn2cccn2)n1. The summed E-state index contributed by atoms with van der Waals surface area (Å²) in [5.74, 6) is 6.72. The van der Waals surface area contributed by atoms with Crippen LogP contribution in [-0.4, -0.2) is 45.4 Å². The maximum absolute atomic E-state index is 5.35. The Labute approximate surface area is 117 Å². The molecule has 108 valence electrons. The molecule has 9 nitrogen and oxygen atoms in total. The second kappa shape index (κ2) is 6.66. The third-order valence-electron chi connectivity index (χ3n) is 2.56. The van der Waals surface area contributed by atoms with Crippen LogP contribution in [0.2, 0.25) is 0 Å². The van der Waals surface area contributed by atoms with Crippen LogP contribution in [-0.2, 0) is 6.54 Å². The molecule has 0 aliphatic heterocycles. The van der Waals surface area contributed by atoms with Gasteiger partial charge in [0.1, 0.15) is 0 Å². The van der Waals surface area contributed by atoms with E-state index in [0.717, 1.165) is 19.5 Å². The number of hydrogen-bond donors (Lipinski definition) is 3. The Bertz CT molecular complexity index is 523. The van der Waals surface area contributed by atoms with Crippen molar-refractivity contribution in [1.82, 2.24) is 24.7 Å². The molecule has 20 heavy (non-hydrogen) atoms. The van der Waals surface area contributed by atoms with Gasteiger partial charge in [0.05, 0.1) is 0 Å². The lowest BCUT2D eigenvalue weighted by Crippen LogP contribution is -2.19. The number of anilines is 3. The zero-order valence-electron chi connectivity index (χ0n) is 11.6. The van der Waals surface area contributed by atoms with Crippen molar-refractivity contribution in [3.8, 4) is 0 Å². The number of nitrogens with one attached hydrogen (secondary N) is 2. The standard InChI is InChI=1S/C11H19N9/c1-19(2)11-16-9(15-10(17-11)18-12)13-5-3-7-20-8-4-6-14-20/h4,6,8H,3,5,7,12H2,1-2H3,(H2,13,15,16,17,18). The van der Waals surface area contributed by atoms with E-state index in [-0.39, 0.29) is 0 Å². The molecule has 0 saturated heterocycles. The number of aromatic nitrogens is 5. The molecule has 2 aromatic rings. The maximum atomic E-state index is 5.35. The molecule has 2 rings (SSSR count). The first-order chi connectivity index (χ1) is 9.69. The number of nitrogens with two attached hydrogens (primary N) is 1. The molecule has 0 unspecified atom stereocenters. The first kappa shape index (κ1) is 14.0. The average molecular weight is 277 g/mol. The molecule has 0 bridgehead atoms. The minimum atomic E-state index is 0.332. The minimum Gasteiger partial charge on any atom is -0.354 e. The van der Waals surface area contributed by atoms with Crippen LogP contribution in [0.4, 0.5) is 17.8 Å². The highest BCUT2D eigenvalue weighted by Gasteiger charge is 2.06. The monoisotopic (exact) mass is 277 g/mol. The predicted octanol–water partition coefficient (Wildman–Crippen LogP) is -0.0781. The van der Waals surface area contributed by atoms with Crippen LogP contribution in [0, 0.1) is 0 Å². The Hall–Kier alpha value is -2.42. The van der Waals surface area contributed by atoms with Crippen molar-refractivity contribution in [3.05, 3.63) is 18.5 Å².